The van der Waals surface area contributed by atoms with E-state index in [4.69, 9.17) is 4.98 Å². The molecule has 1 amide bonds. The van der Waals surface area contributed by atoms with Gasteiger partial charge >= 0.3 is 0 Å². The number of fused-ring (bicyclic) bond motifs is 2. The van der Waals surface area contributed by atoms with E-state index in [0.29, 0.717) is 12.5 Å². The van der Waals surface area contributed by atoms with E-state index in [2.05, 4.69) is 38.1 Å². The van der Waals surface area contributed by atoms with Gasteiger partial charge in [-0.2, -0.15) is 5.10 Å². The molecule has 0 aromatic carbocycles. The Balaban J connectivity index is 2.13. The van der Waals surface area contributed by atoms with E-state index in [1.807, 2.05) is 4.68 Å². The molecule has 0 fully saturated rings. The molecule has 0 atom stereocenters. The average Bonchev–Trinajstić information content (AvgIpc) is 3.07. The van der Waals surface area contributed by atoms with Crippen molar-refractivity contribution in [1.82, 2.24) is 20.1 Å². The first-order chi connectivity index (χ1) is 10.5. The first-order valence-corrected chi connectivity index (χ1v) is 8.16. The van der Waals surface area contributed by atoms with Gasteiger partial charge in [0, 0.05) is 18.3 Å². The number of rotatable bonds is 4. The van der Waals surface area contributed by atoms with Crippen molar-refractivity contribution >= 4 is 16.9 Å². The van der Waals surface area contributed by atoms with Crippen molar-refractivity contribution in [2.75, 3.05) is 6.54 Å². The summed E-state index contributed by atoms with van der Waals surface area (Å²) in [6.45, 7) is 9.06. The van der Waals surface area contributed by atoms with Crippen LogP contribution in [-0.4, -0.2) is 27.2 Å². The van der Waals surface area contributed by atoms with Gasteiger partial charge in [0.25, 0.3) is 5.91 Å². The SMILES string of the molecule is CC(C)CNC(=O)c1c2c(nc3c1cnn3C(C)C)CCC2. The molecule has 118 valence electrons. The molecule has 0 saturated heterocycles. The maximum Gasteiger partial charge on any atom is 0.252 e. The third-order valence-corrected chi connectivity index (χ3v) is 4.16. The molecule has 2 aromatic rings. The Labute approximate surface area is 131 Å². The molecule has 1 N–H and O–H groups in total. The van der Waals surface area contributed by atoms with Gasteiger partial charge in [0.05, 0.1) is 17.1 Å². The van der Waals surface area contributed by atoms with E-state index in [1.165, 1.54) is 0 Å². The van der Waals surface area contributed by atoms with E-state index in [9.17, 15) is 4.79 Å². The summed E-state index contributed by atoms with van der Waals surface area (Å²) in [6, 6.07) is 0.232. The number of amides is 1. The number of nitrogens with one attached hydrogen (secondary N) is 1. The maximum atomic E-state index is 12.7. The fourth-order valence-corrected chi connectivity index (χ4v) is 3.08. The molecule has 1 aliphatic rings. The van der Waals surface area contributed by atoms with Crippen molar-refractivity contribution in [3.8, 4) is 0 Å². The van der Waals surface area contributed by atoms with Gasteiger partial charge in [-0.25, -0.2) is 9.67 Å². The topological polar surface area (TPSA) is 59.8 Å². The van der Waals surface area contributed by atoms with Crippen LogP contribution in [0.25, 0.3) is 11.0 Å². The van der Waals surface area contributed by atoms with Crippen LogP contribution in [0.5, 0.6) is 0 Å². The molecule has 22 heavy (non-hydrogen) atoms. The first-order valence-electron chi connectivity index (χ1n) is 8.16. The summed E-state index contributed by atoms with van der Waals surface area (Å²) >= 11 is 0. The van der Waals surface area contributed by atoms with E-state index >= 15 is 0 Å². The summed E-state index contributed by atoms with van der Waals surface area (Å²) < 4.78 is 1.91. The summed E-state index contributed by atoms with van der Waals surface area (Å²) in [6.07, 6.45) is 4.77. The first kappa shape index (κ1) is 15.0. The van der Waals surface area contributed by atoms with Crippen molar-refractivity contribution in [1.29, 1.82) is 0 Å². The van der Waals surface area contributed by atoms with Gasteiger partial charge in [-0.15, -0.1) is 0 Å². The number of aromatic nitrogens is 3. The zero-order chi connectivity index (χ0) is 15.9. The van der Waals surface area contributed by atoms with Crippen molar-refractivity contribution < 1.29 is 4.79 Å². The fourth-order valence-electron chi connectivity index (χ4n) is 3.08. The molecule has 0 unspecified atom stereocenters. The van der Waals surface area contributed by atoms with Crippen LogP contribution in [0.2, 0.25) is 0 Å². The number of pyridine rings is 1. The molecule has 0 radical (unpaired) electrons. The lowest BCUT2D eigenvalue weighted by atomic mass is 10.0. The lowest BCUT2D eigenvalue weighted by Gasteiger charge is -2.13. The van der Waals surface area contributed by atoms with Gasteiger partial charge in [-0.05, 0) is 44.6 Å². The largest absolute Gasteiger partial charge is 0.352 e. The molecule has 1 aliphatic carbocycles. The molecule has 0 aliphatic heterocycles. The Morgan fingerprint density at radius 1 is 1.32 bits per heavy atom. The molecule has 2 aromatic heterocycles. The second-order valence-corrected chi connectivity index (χ2v) is 6.79. The number of carbonyl (C=O) groups is 1. The van der Waals surface area contributed by atoms with Gasteiger partial charge in [0.15, 0.2) is 5.65 Å². The highest BCUT2D eigenvalue weighted by Gasteiger charge is 2.26. The van der Waals surface area contributed by atoms with Crippen LogP contribution in [0, 0.1) is 5.92 Å². The van der Waals surface area contributed by atoms with Crippen LogP contribution in [0.1, 0.15) is 61.8 Å². The highest BCUT2D eigenvalue weighted by Crippen LogP contribution is 2.30. The van der Waals surface area contributed by atoms with Crippen molar-refractivity contribution in [3.05, 3.63) is 23.0 Å². The third kappa shape index (κ3) is 2.49. The molecule has 5 heteroatoms. The predicted molar refractivity (Wildman–Crippen MR) is 87.1 cm³/mol. The Bertz CT molecular complexity index is 715. The standard InChI is InChI=1S/C17H24N4O/c1-10(2)8-18-17(22)15-12-6-5-7-14(12)20-16-13(15)9-19-21(16)11(3)4/h9-11H,5-8H2,1-4H3,(H,18,22). The molecule has 5 nitrogen and oxygen atoms in total. The lowest BCUT2D eigenvalue weighted by Crippen LogP contribution is -2.28. The van der Waals surface area contributed by atoms with Crippen LogP contribution in [0.3, 0.4) is 0 Å². The van der Waals surface area contributed by atoms with Crippen molar-refractivity contribution in [3.63, 3.8) is 0 Å². The maximum absolute atomic E-state index is 12.7. The fraction of sp³-hybridized carbons (Fsp3) is 0.588. The van der Waals surface area contributed by atoms with E-state index in [1.54, 1.807) is 6.20 Å². The summed E-state index contributed by atoms with van der Waals surface area (Å²) in [5.41, 5.74) is 3.83. The van der Waals surface area contributed by atoms with Gasteiger partial charge in [-0.3, -0.25) is 4.79 Å². The van der Waals surface area contributed by atoms with Gasteiger partial charge in [-0.1, -0.05) is 13.8 Å². The molecular weight excluding hydrogens is 276 g/mol. The second kappa shape index (κ2) is 5.71. The Morgan fingerprint density at radius 3 is 2.77 bits per heavy atom. The molecule has 2 heterocycles. The van der Waals surface area contributed by atoms with Crippen LogP contribution >= 0.6 is 0 Å². The highest BCUT2D eigenvalue weighted by atomic mass is 16.1. The van der Waals surface area contributed by atoms with E-state index in [-0.39, 0.29) is 11.9 Å². The molecule has 0 spiro atoms. The number of hydrogen-bond donors (Lipinski definition) is 1. The minimum atomic E-state index is 0.0163. The number of nitrogens with zero attached hydrogens (tertiary/aromatic N) is 3. The van der Waals surface area contributed by atoms with Gasteiger partial charge < -0.3 is 5.32 Å². The molecular formula is C17H24N4O. The Hall–Kier alpha value is -1.91. The summed E-state index contributed by atoms with van der Waals surface area (Å²) in [5, 5.41) is 8.39. The monoisotopic (exact) mass is 300 g/mol. The van der Waals surface area contributed by atoms with Crippen molar-refractivity contribution in [2.45, 2.75) is 53.0 Å². The summed E-state index contributed by atoms with van der Waals surface area (Å²) in [7, 11) is 0. The average molecular weight is 300 g/mol. The zero-order valence-corrected chi connectivity index (χ0v) is 13.8. The van der Waals surface area contributed by atoms with Crippen LogP contribution in [-0.2, 0) is 12.8 Å². The van der Waals surface area contributed by atoms with Gasteiger partial charge in [0.2, 0.25) is 0 Å². The minimum absolute atomic E-state index is 0.0163. The molecule has 3 rings (SSSR count). The smallest absolute Gasteiger partial charge is 0.252 e. The van der Waals surface area contributed by atoms with Crippen LogP contribution in [0.15, 0.2) is 6.20 Å². The predicted octanol–water partition coefficient (Wildman–Crippen LogP) is 2.89. The quantitative estimate of drug-likeness (QED) is 0.944. The zero-order valence-electron chi connectivity index (χ0n) is 13.8. The number of carbonyl (C=O) groups excluding carboxylic acids is 1. The Kier molecular flexibility index (Phi) is 3.89. The van der Waals surface area contributed by atoms with E-state index < -0.39 is 0 Å². The second-order valence-electron chi connectivity index (χ2n) is 6.79. The highest BCUT2D eigenvalue weighted by molar-refractivity contribution is 6.07. The normalized spacial score (nSPS) is 14.1. The third-order valence-electron chi connectivity index (χ3n) is 4.16. The minimum Gasteiger partial charge on any atom is -0.352 e. The van der Waals surface area contributed by atoms with Crippen LogP contribution in [0.4, 0.5) is 0 Å². The van der Waals surface area contributed by atoms with Gasteiger partial charge in [0.1, 0.15) is 0 Å². The summed E-state index contributed by atoms with van der Waals surface area (Å²) in [5.74, 6) is 0.454. The Morgan fingerprint density at radius 2 is 2.09 bits per heavy atom. The molecule has 0 bridgehead atoms. The summed E-state index contributed by atoms with van der Waals surface area (Å²) in [4.78, 5) is 17.5. The van der Waals surface area contributed by atoms with Crippen LogP contribution < -0.4 is 5.32 Å². The number of aryl methyl sites for hydroxylation is 1. The lowest BCUT2D eigenvalue weighted by molar-refractivity contribution is 0.0949. The van der Waals surface area contributed by atoms with Crippen molar-refractivity contribution in [2.24, 2.45) is 5.92 Å². The molecule has 0 saturated carbocycles. The number of hydrogen-bond acceptors (Lipinski definition) is 3. The van der Waals surface area contributed by atoms with E-state index in [0.717, 1.165) is 47.1 Å².